The molecule has 0 bridgehead atoms. The van der Waals surface area contributed by atoms with Gasteiger partial charge in [-0.25, -0.2) is 4.98 Å². The second kappa shape index (κ2) is 7.89. The number of imidazole rings is 1. The molecule has 0 atom stereocenters. The SMILES string of the molecule is CC(C)(O)c1cc(-c2ccccc2)cc2[nH]c(-c3ccc(NS(=O)(=O)C(F)(F)F)cc3)nc12. The molecular weight excluding hydrogens is 455 g/mol. The average Bonchev–Trinajstić information content (AvgIpc) is 3.16. The molecule has 4 aromatic rings. The lowest BCUT2D eigenvalue weighted by Gasteiger charge is -2.19. The number of benzene rings is 3. The highest BCUT2D eigenvalue weighted by Gasteiger charge is 2.46. The van der Waals surface area contributed by atoms with Crippen LogP contribution in [0.5, 0.6) is 0 Å². The maximum Gasteiger partial charge on any atom is 0.516 e. The second-order valence-corrected chi connectivity index (χ2v) is 9.73. The summed E-state index contributed by atoms with van der Waals surface area (Å²) in [7, 11) is -5.50. The maximum absolute atomic E-state index is 12.6. The molecule has 0 aliphatic carbocycles. The molecule has 0 unspecified atom stereocenters. The Bertz CT molecular complexity index is 1410. The Balaban J connectivity index is 1.75. The van der Waals surface area contributed by atoms with Crippen LogP contribution in [0.1, 0.15) is 19.4 Å². The normalized spacial score (nSPS) is 12.8. The number of nitrogens with zero attached hydrogens (tertiary/aromatic N) is 1. The van der Waals surface area contributed by atoms with Gasteiger partial charge in [-0.3, -0.25) is 4.72 Å². The van der Waals surface area contributed by atoms with Crippen LogP contribution >= 0.6 is 0 Å². The van der Waals surface area contributed by atoms with Crippen LogP contribution in [0.4, 0.5) is 18.9 Å². The lowest BCUT2D eigenvalue weighted by atomic mass is 9.93. The van der Waals surface area contributed by atoms with Gasteiger partial charge < -0.3 is 10.1 Å². The van der Waals surface area contributed by atoms with Crippen molar-refractivity contribution < 1.29 is 26.7 Å². The summed E-state index contributed by atoms with van der Waals surface area (Å²) in [6.45, 7) is 3.32. The number of aliphatic hydroxyl groups is 1. The molecule has 6 nitrogen and oxygen atoms in total. The fraction of sp³-hybridized carbons (Fsp3) is 0.174. The Labute approximate surface area is 188 Å². The predicted octanol–water partition coefficient (Wildman–Crippen LogP) is 5.39. The van der Waals surface area contributed by atoms with E-state index in [1.807, 2.05) is 42.5 Å². The Morgan fingerprint density at radius 3 is 2.12 bits per heavy atom. The van der Waals surface area contributed by atoms with Gasteiger partial charge >= 0.3 is 15.5 Å². The average molecular weight is 475 g/mol. The molecule has 10 heteroatoms. The van der Waals surface area contributed by atoms with Crippen molar-refractivity contribution in [1.29, 1.82) is 0 Å². The van der Waals surface area contributed by atoms with Crippen LogP contribution in [0.25, 0.3) is 33.5 Å². The maximum atomic E-state index is 12.6. The van der Waals surface area contributed by atoms with E-state index in [2.05, 4.69) is 9.97 Å². The summed E-state index contributed by atoms with van der Waals surface area (Å²) in [5.74, 6) is 0.422. The van der Waals surface area contributed by atoms with E-state index in [-0.39, 0.29) is 5.69 Å². The molecule has 172 valence electrons. The monoisotopic (exact) mass is 475 g/mol. The van der Waals surface area contributed by atoms with Crippen LogP contribution in [-0.2, 0) is 15.6 Å². The van der Waals surface area contributed by atoms with Crippen LogP contribution in [0.3, 0.4) is 0 Å². The molecule has 1 aromatic heterocycles. The zero-order valence-electron chi connectivity index (χ0n) is 17.6. The van der Waals surface area contributed by atoms with E-state index in [0.29, 0.717) is 28.0 Å². The molecule has 0 saturated heterocycles. The van der Waals surface area contributed by atoms with Gasteiger partial charge in [-0.15, -0.1) is 0 Å². The zero-order valence-corrected chi connectivity index (χ0v) is 18.4. The number of fused-ring (bicyclic) bond motifs is 1. The fourth-order valence-corrected chi connectivity index (χ4v) is 3.99. The van der Waals surface area contributed by atoms with Crippen LogP contribution < -0.4 is 4.72 Å². The number of nitrogens with one attached hydrogen (secondary N) is 2. The highest BCUT2D eigenvalue weighted by Crippen LogP contribution is 2.34. The summed E-state index contributed by atoms with van der Waals surface area (Å²) in [5.41, 5.74) is -2.61. The molecule has 0 saturated carbocycles. The molecule has 33 heavy (non-hydrogen) atoms. The first-order valence-electron chi connectivity index (χ1n) is 9.87. The topological polar surface area (TPSA) is 95.1 Å². The van der Waals surface area contributed by atoms with Crippen molar-refractivity contribution in [2.45, 2.75) is 25.0 Å². The highest BCUT2D eigenvalue weighted by molar-refractivity contribution is 7.93. The molecule has 3 N–H and O–H groups in total. The van der Waals surface area contributed by atoms with Crippen molar-refractivity contribution in [2.24, 2.45) is 0 Å². The zero-order chi connectivity index (χ0) is 24.0. The summed E-state index contributed by atoms with van der Waals surface area (Å²) in [5, 5.41) is 10.7. The van der Waals surface area contributed by atoms with Gasteiger partial charge in [0.2, 0.25) is 0 Å². The number of hydrogen-bond acceptors (Lipinski definition) is 4. The smallest absolute Gasteiger partial charge is 0.386 e. The Morgan fingerprint density at radius 1 is 0.909 bits per heavy atom. The third kappa shape index (κ3) is 4.57. The molecule has 0 spiro atoms. The van der Waals surface area contributed by atoms with Crippen molar-refractivity contribution in [2.75, 3.05) is 4.72 Å². The van der Waals surface area contributed by atoms with Gasteiger partial charge in [0.05, 0.1) is 16.6 Å². The number of rotatable bonds is 5. The first-order chi connectivity index (χ1) is 15.3. The fourth-order valence-electron chi connectivity index (χ4n) is 3.43. The minimum absolute atomic E-state index is 0.226. The summed E-state index contributed by atoms with van der Waals surface area (Å²) < 4.78 is 61.8. The van der Waals surface area contributed by atoms with Crippen LogP contribution in [0, 0.1) is 0 Å². The number of halogens is 3. The minimum Gasteiger partial charge on any atom is -0.386 e. The van der Waals surface area contributed by atoms with Crippen molar-refractivity contribution in [3.63, 3.8) is 0 Å². The second-order valence-electron chi connectivity index (χ2n) is 8.06. The van der Waals surface area contributed by atoms with Crippen LogP contribution in [0.2, 0.25) is 0 Å². The van der Waals surface area contributed by atoms with Crippen LogP contribution in [-0.4, -0.2) is 29.0 Å². The molecule has 0 amide bonds. The summed E-state index contributed by atoms with van der Waals surface area (Å²) in [6, 6.07) is 18.8. The lowest BCUT2D eigenvalue weighted by molar-refractivity contribution is -0.0429. The van der Waals surface area contributed by atoms with E-state index >= 15 is 0 Å². The molecule has 3 aromatic carbocycles. The van der Waals surface area contributed by atoms with E-state index in [0.717, 1.165) is 11.1 Å². The number of alkyl halides is 3. The summed E-state index contributed by atoms with van der Waals surface area (Å²) in [4.78, 5) is 7.78. The lowest BCUT2D eigenvalue weighted by Crippen LogP contribution is -2.29. The Hall–Kier alpha value is -3.37. The van der Waals surface area contributed by atoms with Crippen molar-refractivity contribution in [3.05, 3.63) is 72.3 Å². The minimum atomic E-state index is -5.50. The molecule has 0 radical (unpaired) electrons. The molecule has 0 fully saturated rings. The van der Waals surface area contributed by atoms with Crippen molar-refractivity contribution in [1.82, 2.24) is 9.97 Å². The van der Waals surface area contributed by atoms with Gasteiger partial charge in [0.25, 0.3) is 0 Å². The molecule has 1 heterocycles. The number of aromatic amines is 1. The van der Waals surface area contributed by atoms with E-state index in [1.165, 1.54) is 29.0 Å². The predicted molar refractivity (Wildman–Crippen MR) is 121 cm³/mol. The largest absolute Gasteiger partial charge is 0.516 e. The first kappa shape index (κ1) is 22.8. The third-order valence-electron chi connectivity index (χ3n) is 5.07. The summed E-state index contributed by atoms with van der Waals surface area (Å²) >= 11 is 0. The standard InChI is InChI=1S/C23H20F3N3O3S/c1-22(2,30)18-12-16(14-6-4-3-5-7-14)13-19-20(18)28-21(27-19)15-8-10-17(11-9-15)29-33(31,32)23(24,25)26/h3-13,29-30H,1-2H3,(H,27,28). The summed E-state index contributed by atoms with van der Waals surface area (Å²) in [6.07, 6.45) is 0. The number of aromatic nitrogens is 2. The van der Waals surface area contributed by atoms with Gasteiger partial charge in [-0.05, 0) is 61.4 Å². The molecular formula is C23H20F3N3O3S. The van der Waals surface area contributed by atoms with Gasteiger partial charge in [-0.2, -0.15) is 21.6 Å². The van der Waals surface area contributed by atoms with Crippen molar-refractivity contribution in [3.8, 4) is 22.5 Å². The van der Waals surface area contributed by atoms with E-state index < -0.39 is 21.1 Å². The Morgan fingerprint density at radius 2 is 1.55 bits per heavy atom. The first-order valence-corrected chi connectivity index (χ1v) is 11.3. The van der Waals surface area contributed by atoms with Gasteiger partial charge in [0.1, 0.15) is 5.82 Å². The van der Waals surface area contributed by atoms with E-state index in [9.17, 15) is 26.7 Å². The molecule has 0 aliphatic rings. The quantitative estimate of drug-likeness (QED) is 0.361. The van der Waals surface area contributed by atoms with Gasteiger partial charge in [0.15, 0.2) is 0 Å². The number of anilines is 1. The number of H-pyrrole nitrogens is 1. The Kier molecular flexibility index (Phi) is 5.45. The van der Waals surface area contributed by atoms with Gasteiger partial charge in [-0.1, -0.05) is 30.3 Å². The van der Waals surface area contributed by atoms with Gasteiger partial charge in [0, 0.05) is 16.8 Å². The number of hydrogen-bond donors (Lipinski definition) is 3. The van der Waals surface area contributed by atoms with E-state index in [4.69, 9.17) is 0 Å². The molecule has 4 rings (SSSR count). The van der Waals surface area contributed by atoms with Crippen molar-refractivity contribution >= 4 is 26.7 Å². The number of sulfonamides is 1. The van der Waals surface area contributed by atoms with Crippen LogP contribution in [0.15, 0.2) is 66.7 Å². The highest BCUT2D eigenvalue weighted by atomic mass is 32.2. The molecule has 0 aliphatic heterocycles. The van der Waals surface area contributed by atoms with E-state index in [1.54, 1.807) is 13.8 Å². The third-order valence-corrected chi connectivity index (χ3v) is 6.18.